The van der Waals surface area contributed by atoms with Crippen molar-refractivity contribution in [2.45, 2.75) is 13.0 Å². The second-order valence-electron chi connectivity index (χ2n) is 5.19. The fraction of sp³-hybridized carbons (Fsp3) is 0.235. The van der Waals surface area contributed by atoms with Crippen molar-refractivity contribution >= 4 is 23.2 Å². The molecule has 0 aliphatic rings. The average molecular weight is 303 g/mol. The van der Waals surface area contributed by atoms with Crippen molar-refractivity contribution in [1.82, 2.24) is 5.32 Å². The number of carbonyl (C=O) groups excluding carboxylic acids is 1. The number of rotatable bonds is 4. The Labute approximate surface area is 130 Å². The summed E-state index contributed by atoms with van der Waals surface area (Å²) in [6.45, 7) is 1.94. The summed E-state index contributed by atoms with van der Waals surface area (Å²) in [5, 5.41) is 3.65. The Morgan fingerprint density at radius 1 is 1.14 bits per heavy atom. The zero-order valence-corrected chi connectivity index (χ0v) is 13.2. The van der Waals surface area contributed by atoms with E-state index in [1.165, 1.54) is 0 Å². The van der Waals surface area contributed by atoms with E-state index in [1.807, 2.05) is 74.4 Å². The number of halogens is 1. The van der Waals surface area contributed by atoms with Gasteiger partial charge in [0.1, 0.15) is 0 Å². The van der Waals surface area contributed by atoms with Gasteiger partial charge < -0.3 is 10.2 Å². The zero-order chi connectivity index (χ0) is 15.4. The first-order valence-electron chi connectivity index (χ1n) is 6.81. The van der Waals surface area contributed by atoms with Gasteiger partial charge in [-0.3, -0.25) is 4.79 Å². The first-order chi connectivity index (χ1) is 9.97. The standard InChI is InChI=1S/C17H19ClN2O/c1-12(14-5-4-6-15(18)11-14)19-17(21)13-7-9-16(10-8-13)20(2)3/h4-12H,1-3H3,(H,19,21). The first kappa shape index (κ1) is 15.4. The van der Waals surface area contributed by atoms with E-state index in [2.05, 4.69) is 5.32 Å². The maximum Gasteiger partial charge on any atom is 0.251 e. The van der Waals surface area contributed by atoms with Gasteiger partial charge in [0.15, 0.2) is 0 Å². The molecule has 21 heavy (non-hydrogen) atoms. The molecule has 0 aliphatic carbocycles. The van der Waals surface area contributed by atoms with E-state index in [0.29, 0.717) is 10.6 Å². The van der Waals surface area contributed by atoms with Crippen LogP contribution in [-0.2, 0) is 0 Å². The predicted octanol–water partition coefficient (Wildman–Crippen LogP) is 3.90. The van der Waals surface area contributed by atoms with Gasteiger partial charge in [-0.2, -0.15) is 0 Å². The van der Waals surface area contributed by atoms with Gasteiger partial charge >= 0.3 is 0 Å². The summed E-state index contributed by atoms with van der Waals surface area (Å²) < 4.78 is 0. The van der Waals surface area contributed by atoms with Gasteiger partial charge in [0.25, 0.3) is 5.91 Å². The van der Waals surface area contributed by atoms with E-state index < -0.39 is 0 Å². The minimum Gasteiger partial charge on any atom is -0.378 e. The van der Waals surface area contributed by atoms with Crippen LogP contribution in [0, 0.1) is 0 Å². The summed E-state index contributed by atoms with van der Waals surface area (Å²) in [6.07, 6.45) is 0. The molecule has 0 saturated heterocycles. The second-order valence-corrected chi connectivity index (χ2v) is 5.63. The van der Waals surface area contributed by atoms with Crippen LogP contribution in [0.15, 0.2) is 48.5 Å². The second kappa shape index (κ2) is 6.64. The Morgan fingerprint density at radius 2 is 1.81 bits per heavy atom. The van der Waals surface area contributed by atoms with Crippen LogP contribution in [0.2, 0.25) is 5.02 Å². The number of hydrogen-bond acceptors (Lipinski definition) is 2. The minimum absolute atomic E-state index is 0.0900. The van der Waals surface area contributed by atoms with E-state index in [4.69, 9.17) is 11.6 Å². The molecule has 0 spiro atoms. The Kier molecular flexibility index (Phi) is 4.86. The van der Waals surface area contributed by atoms with Gasteiger partial charge in [-0.05, 0) is 48.9 Å². The highest BCUT2D eigenvalue weighted by molar-refractivity contribution is 6.30. The molecule has 0 radical (unpaired) electrons. The fourth-order valence-corrected chi connectivity index (χ4v) is 2.25. The first-order valence-corrected chi connectivity index (χ1v) is 7.19. The average Bonchev–Trinajstić information content (AvgIpc) is 2.47. The molecule has 0 aromatic heterocycles. The van der Waals surface area contributed by atoms with Crippen LogP contribution in [0.25, 0.3) is 0 Å². The van der Waals surface area contributed by atoms with E-state index in [1.54, 1.807) is 0 Å². The summed E-state index contributed by atoms with van der Waals surface area (Å²) in [4.78, 5) is 14.2. The molecule has 0 heterocycles. The molecule has 0 fully saturated rings. The number of hydrogen-bond donors (Lipinski definition) is 1. The molecule has 3 nitrogen and oxygen atoms in total. The van der Waals surface area contributed by atoms with Crippen molar-refractivity contribution in [3.63, 3.8) is 0 Å². The van der Waals surface area contributed by atoms with Crippen LogP contribution in [0.1, 0.15) is 28.9 Å². The molecule has 1 atom stereocenters. The number of nitrogens with zero attached hydrogens (tertiary/aromatic N) is 1. The molecule has 1 N–H and O–H groups in total. The molecule has 1 unspecified atom stereocenters. The number of carbonyl (C=O) groups is 1. The van der Waals surface area contributed by atoms with E-state index in [0.717, 1.165) is 11.3 Å². The van der Waals surface area contributed by atoms with E-state index in [-0.39, 0.29) is 11.9 Å². The maximum atomic E-state index is 12.2. The molecule has 110 valence electrons. The topological polar surface area (TPSA) is 32.3 Å². The predicted molar refractivity (Wildman–Crippen MR) is 88.1 cm³/mol. The van der Waals surface area contributed by atoms with Crippen LogP contribution in [0.3, 0.4) is 0 Å². The quantitative estimate of drug-likeness (QED) is 0.929. The summed E-state index contributed by atoms with van der Waals surface area (Å²) in [6, 6.07) is 14.9. The summed E-state index contributed by atoms with van der Waals surface area (Å²) in [5.41, 5.74) is 2.70. The molecule has 4 heteroatoms. The Bertz CT molecular complexity index is 623. The number of anilines is 1. The smallest absolute Gasteiger partial charge is 0.251 e. The lowest BCUT2D eigenvalue weighted by Crippen LogP contribution is -2.26. The monoisotopic (exact) mass is 302 g/mol. The molecule has 0 saturated carbocycles. The summed E-state index contributed by atoms with van der Waals surface area (Å²) in [7, 11) is 3.94. The lowest BCUT2D eigenvalue weighted by Gasteiger charge is -2.16. The van der Waals surface area contributed by atoms with Gasteiger partial charge in [0.05, 0.1) is 6.04 Å². The third-order valence-corrected chi connectivity index (χ3v) is 3.58. The van der Waals surface area contributed by atoms with Crippen molar-refractivity contribution < 1.29 is 4.79 Å². The molecule has 0 aliphatic heterocycles. The number of benzene rings is 2. The maximum absolute atomic E-state index is 12.2. The van der Waals surface area contributed by atoms with Crippen LogP contribution < -0.4 is 10.2 Å². The highest BCUT2D eigenvalue weighted by atomic mass is 35.5. The Balaban J connectivity index is 2.07. The van der Waals surface area contributed by atoms with Gasteiger partial charge in [0.2, 0.25) is 0 Å². The largest absolute Gasteiger partial charge is 0.378 e. The molecular formula is C17H19ClN2O. The molecular weight excluding hydrogens is 284 g/mol. The lowest BCUT2D eigenvalue weighted by atomic mass is 10.1. The SMILES string of the molecule is CC(NC(=O)c1ccc(N(C)C)cc1)c1cccc(Cl)c1. The van der Waals surface area contributed by atoms with Crippen molar-refractivity contribution in [2.75, 3.05) is 19.0 Å². The van der Waals surface area contributed by atoms with E-state index in [9.17, 15) is 4.79 Å². The lowest BCUT2D eigenvalue weighted by molar-refractivity contribution is 0.0940. The Morgan fingerprint density at radius 3 is 2.38 bits per heavy atom. The molecule has 2 rings (SSSR count). The van der Waals surface area contributed by atoms with Gasteiger partial charge in [-0.1, -0.05) is 23.7 Å². The van der Waals surface area contributed by atoms with Crippen molar-refractivity contribution in [2.24, 2.45) is 0 Å². The van der Waals surface area contributed by atoms with Gasteiger partial charge in [0, 0.05) is 30.4 Å². The zero-order valence-electron chi connectivity index (χ0n) is 12.4. The Hall–Kier alpha value is -2.00. The van der Waals surface area contributed by atoms with Crippen LogP contribution >= 0.6 is 11.6 Å². The van der Waals surface area contributed by atoms with E-state index >= 15 is 0 Å². The van der Waals surface area contributed by atoms with Crippen molar-refractivity contribution in [3.8, 4) is 0 Å². The van der Waals surface area contributed by atoms with Crippen LogP contribution in [-0.4, -0.2) is 20.0 Å². The summed E-state index contributed by atoms with van der Waals surface area (Å²) >= 11 is 5.97. The van der Waals surface area contributed by atoms with Gasteiger partial charge in [-0.25, -0.2) is 0 Å². The van der Waals surface area contributed by atoms with Crippen LogP contribution in [0.5, 0.6) is 0 Å². The summed E-state index contributed by atoms with van der Waals surface area (Å²) in [5.74, 6) is -0.0900. The highest BCUT2D eigenvalue weighted by Crippen LogP contribution is 2.18. The molecule has 2 aromatic rings. The fourth-order valence-electron chi connectivity index (χ4n) is 2.05. The van der Waals surface area contributed by atoms with Crippen molar-refractivity contribution in [1.29, 1.82) is 0 Å². The van der Waals surface area contributed by atoms with Crippen molar-refractivity contribution in [3.05, 3.63) is 64.7 Å². The normalized spacial score (nSPS) is 11.8. The molecule has 0 bridgehead atoms. The molecule has 1 amide bonds. The van der Waals surface area contributed by atoms with Gasteiger partial charge in [-0.15, -0.1) is 0 Å². The minimum atomic E-state index is -0.0928. The van der Waals surface area contributed by atoms with Crippen LogP contribution in [0.4, 0.5) is 5.69 Å². The third kappa shape index (κ3) is 3.99. The third-order valence-electron chi connectivity index (χ3n) is 3.34. The highest BCUT2D eigenvalue weighted by Gasteiger charge is 2.11. The number of nitrogens with one attached hydrogen (secondary N) is 1. The number of amides is 1. The molecule has 2 aromatic carbocycles.